The van der Waals surface area contributed by atoms with E-state index >= 15 is 0 Å². The van der Waals surface area contributed by atoms with E-state index in [9.17, 15) is 18.6 Å². The summed E-state index contributed by atoms with van der Waals surface area (Å²) in [6.45, 7) is -0.487. The third kappa shape index (κ3) is 3.53. The fourth-order valence-corrected chi connectivity index (χ4v) is 4.22. The average molecular weight is 402 g/mol. The highest BCUT2D eigenvalue weighted by atomic mass is 32.2. The molecule has 2 aromatic rings. The van der Waals surface area contributed by atoms with Crippen LogP contribution in [0.4, 0.5) is 5.82 Å². The SMILES string of the molecule is NS(=O)(=O)OC[C@H]1O[C@@H](c2csc3c(NC4CC4)ncnc23)[C@H](O)[C@@H]1O. The number of aliphatic hydroxyl groups excluding tert-OH is 2. The lowest BCUT2D eigenvalue weighted by molar-refractivity contribution is -0.0151. The van der Waals surface area contributed by atoms with Crippen molar-refractivity contribution in [3.63, 3.8) is 0 Å². The number of aliphatic hydroxyl groups is 2. The molecule has 4 atom stereocenters. The molecule has 26 heavy (non-hydrogen) atoms. The number of rotatable bonds is 6. The third-order valence-electron chi connectivity index (χ3n) is 4.36. The number of ether oxygens (including phenoxy) is 1. The second kappa shape index (κ2) is 6.64. The highest BCUT2D eigenvalue weighted by Gasteiger charge is 2.45. The lowest BCUT2D eigenvalue weighted by atomic mass is 10.0. The predicted octanol–water partition coefficient (Wildman–Crippen LogP) is -0.353. The molecule has 12 heteroatoms. The Balaban J connectivity index is 1.58. The molecule has 2 aliphatic rings. The van der Waals surface area contributed by atoms with Crippen LogP contribution in [-0.4, -0.2) is 59.6 Å². The van der Waals surface area contributed by atoms with Crippen LogP contribution in [0.1, 0.15) is 24.5 Å². The fraction of sp³-hybridized carbons (Fsp3) is 0.571. The third-order valence-corrected chi connectivity index (χ3v) is 5.82. The summed E-state index contributed by atoms with van der Waals surface area (Å²) >= 11 is 1.41. The zero-order chi connectivity index (χ0) is 18.5. The Bertz CT molecular complexity index is 915. The van der Waals surface area contributed by atoms with Crippen molar-refractivity contribution in [2.75, 3.05) is 11.9 Å². The minimum absolute atomic E-state index is 0.425. The van der Waals surface area contributed by atoms with E-state index in [1.807, 2.05) is 0 Å². The van der Waals surface area contributed by atoms with E-state index in [2.05, 4.69) is 19.5 Å². The second-order valence-electron chi connectivity index (χ2n) is 6.36. The van der Waals surface area contributed by atoms with Crippen molar-refractivity contribution < 1.29 is 27.6 Å². The van der Waals surface area contributed by atoms with Crippen LogP contribution in [0, 0.1) is 0 Å². The summed E-state index contributed by atoms with van der Waals surface area (Å²) in [5.41, 5.74) is 1.23. The van der Waals surface area contributed by atoms with Crippen LogP contribution in [-0.2, 0) is 19.2 Å². The quantitative estimate of drug-likeness (QED) is 0.507. The number of thiophene rings is 1. The predicted molar refractivity (Wildman–Crippen MR) is 92.7 cm³/mol. The Kier molecular flexibility index (Phi) is 4.59. The Morgan fingerprint density at radius 1 is 1.35 bits per heavy atom. The van der Waals surface area contributed by atoms with Gasteiger partial charge in [0.1, 0.15) is 36.6 Å². The molecular weight excluding hydrogens is 384 g/mol. The van der Waals surface area contributed by atoms with Crippen molar-refractivity contribution in [1.82, 2.24) is 9.97 Å². The van der Waals surface area contributed by atoms with Gasteiger partial charge in [-0.25, -0.2) is 15.1 Å². The monoisotopic (exact) mass is 402 g/mol. The summed E-state index contributed by atoms with van der Waals surface area (Å²) in [4.78, 5) is 8.55. The summed E-state index contributed by atoms with van der Waals surface area (Å²) in [6, 6.07) is 0.425. The summed E-state index contributed by atoms with van der Waals surface area (Å²) in [5, 5.41) is 30.4. The highest BCUT2D eigenvalue weighted by Crippen LogP contribution is 2.41. The van der Waals surface area contributed by atoms with Gasteiger partial charge >= 0.3 is 10.3 Å². The van der Waals surface area contributed by atoms with Gasteiger partial charge in [-0.3, -0.25) is 4.18 Å². The molecule has 5 N–H and O–H groups in total. The molecule has 142 valence electrons. The molecule has 0 aromatic carbocycles. The number of fused-ring (bicyclic) bond motifs is 1. The van der Waals surface area contributed by atoms with Gasteiger partial charge in [-0.1, -0.05) is 0 Å². The molecule has 0 radical (unpaired) electrons. The summed E-state index contributed by atoms with van der Waals surface area (Å²) in [6.07, 6.45) is -0.828. The number of nitrogens with two attached hydrogens (primary N) is 1. The van der Waals surface area contributed by atoms with Gasteiger partial charge < -0.3 is 20.3 Å². The largest absolute Gasteiger partial charge is 0.387 e. The second-order valence-corrected chi connectivity index (χ2v) is 8.46. The minimum Gasteiger partial charge on any atom is -0.387 e. The molecule has 2 aromatic heterocycles. The van der Waals surface area contributed by atoms with Gasteiger partial charge in [-0.2, -0.15) is 8.42 Å². The first-order valence-electron chi connectivity index (χ1n) is 8.01. The maximum absolute atomic E-state index is 10.9. The Labute approximate surface area is 153 Å². The van der Waals surface area contributed by atoms with Gasteiger partial charge in [-0.15, -0.1) is 11.3 Å². The molecule has 0 bridgehead atoms. The first-order chi connectivity index (χ1) is 12.3. The topological polar surface area (TPSA) is 157 Å². The van der Waals surface area contributed by atoms with Gasteiger partial charge in [-0.05, 0) is 18.2 Å². The molecule has 4 rings (SSSR count). The molecule has 3 heterocycles. The number of aromatic nitrogens is 2. The lowest BCUT2D eigenvalue weighted by Crippen LogP contribution is -2.34. The molecule has 2 fully saturated rings. The fourth-order valence-electron chi connectivity index (χ4n) is 2.90. The van der Waals surface area contributed by atoms with Gasteiger partial charge in [0.2, 0.25) is 0 Å². The Morgan fingerprint density at radius 2 is 2.12 bits per heavy atom. The number of anilines is 1. The molecule has 10 nitrogen and oxygen atoms in total. The first-order valence-corrected chi connectivity index (χ1v) is 10.4. The normalized spacial score (nSPS) is 29.3. The van der Waals surface area contributed by atoms with Crippen LogP contribution in [0.15, 0.2) is 11.7 Å². The molecule has 1 saturated heterocycles. The Morgan fingerprint density at radius 3 is 2.81 bits per heavy atom. The number of hydrogen-bond acceptors (Lipinski definition) is 10. The smallest absolute Gasteiger partial charge is 0.333 e. The zero-order valence-electron chi connectivity index (χ0n) is 13.5. The van der Waals surface area contributed by atoms with Crippen LogP contribution in [0.2, 0.25) is 0 Å². The van der Waals surface area contributed by atoms with Crippen molar-refractivity contribution in [1.29, 1.82) is 0 Å². The number of nitrogens with zero attached hydrogens (tertiary/aromatic N) is 2. The van der Waals surface area contributed by atoms with Crippen molar-refractivity contribution >= 4 is 37.7 Å². The van der Waals surface area contributed by atoms with E-state index in [1.165, 1.54) is 17.7 Å². The van der Waals surface area contributed by atoms with E-state index in [-0.39, 0.29) is 0 Å². The van der Waals surface area contributed by atoms with Crippen LogP contribution in [0.5, 0.6) is 0 Å². The number of nitrogens with one attached hydrogen (secondary N) is 1. The minimum atomic E-state index is -4.17. The molecule has 1 aliphatic carbocycles. The standard InChI is InChI=1S/C14H18N4O6S2/c15-26(21,22)23-3-8-10(19)11(20)12(24-8)7-4-25-13-9(7)16-5-17-14(13)18-6-1-2-6/h4-6,8,10-12,19-20H,1-3H2,(H2,15,21,22)(H,16,17,18)/t8-,10-,11-,12+/m1/s1. The van der Waals surface area contributed by atoms with Crippen molar-refractivity contribution in [3.8, 4) is 0 Å². The van der Waals surface area contributed by atoms with Gasteiger partial charge in [0.25, 0.3) is 0 Å². The Hall–Kier alpha value is -1.41. The van der Waals surface area contributed by atoms with Gasteiger partial charge in [0.05, 0.1) is 16.8 Å². The molecule has 1 saturated carbocycles. The maximum Gasteiger partial charge on any atom is 0.333 e. The summed E-state index contributed by atoms with van der Waals surface area (Å²) in [5.74, 6) is 0.732. The van der Waals surface area contributed by atoms with E-state index in [4.69, 9.17) is 9.88 Å². The molecule has 0 amide bonds. The van der Waals surface area contributed by atoms with E-state index in [1.54, 1.807) is 5.38 Å². The molecule has 1 aliphatic heterocycles. The zero-order valence-corrected chi connectivity index (χ0v) is 15.1. The molecule has 0 spiro atoms. The first kappa shape index (κ1) is 18.0. The molecule has 0 unspecified atom stereocenters. The van der Waals surface area contributed by atoms with Crippen LogP contribution >= 0.6 is 11.3 Å². The van der Waals surface area contributed by atoms with Gasteiger partial charge in [0.15, 0.2) is 0 Å². The van der Waals surface area contributed by atoms with Crippen molar-refractivity contribution in [2.24, 2.45) is 5.14 Å². The maximum atomic E-state index is 10.9. The van der Waals surface area contributed by atoms with E-state index in [0.717, 1.165) is 23.4 Å². The van der Waals surface area contributed by atoms with Crippen molar-refractivity contribution in [2.45, 2.75) is 43.3 Å². The average Bonchev–Trinajstić information content (AvgIpc) is 3.22. The summed E-state index contributed by atoms with van der Waals surface area (Å²) < 4.78 is 32.8. The van der Waals surface area contributed by atoms with Crippen LogP contribution in [0.3, 0.4) is 0 Å². The highest BCUT2D eigenvalue weighted by molar-refractivity contribution is 7.84. The molecular formula is C14H18N4O6S2. The van der Waals surface area contributed by atoms with E-state index in [0.29, 0.717) is 17.1 Å². The van der Waals surface area contributed by atoms with Crippen LogP contribution < -0.4 is 10.5 Å². The summed E-state index contributed by atoms with van der Waals surface area (Å²) in [7, 11) is -4.17. The lowest BCUT2D eigenvalue weighted by Gasteiger charge is -2.13. The van der Waals surface area contributed by atoms with Crippen LogP contribution in [0.25, 0.3) is 10.2 Å². The van der Waals surface area contributed by atoms with E-state index < -0.39 is 41.3 Å². The van der Waals surface area contributed by atoms with Gasteiger partial charge in [0, 0.05) is 11.6 Å². The number of hydrogen-bond donors (Lipinski definition) is 4. The van der Waals surface area contributed by atoms with Crippen molar-refractivity contribution in [3.05, 3.63) is 17.3 Å².